The van der Waals surface area contributed by atoms with Crippen LogP contribution in [0.5, 0.6) is 5.75 Å². The van der Waals surface area contributed by atoms with Crippen molar-refractivity contribution in [2.45, 2.75) is 6.54 Å². The van der Waals surface area contributed by atoms with Crippen LogP contribution in [0.2, 0.25) is 0 Å². The van der Waals surface area contributed by atoms with Gasteiger partial charge >= 0.3 is 6.03 Å². The summed E-state index contributed by atoms with van der Waals surface area (Å²) in [6.07, 6.45) is 1.41. The summed E-state index contributed by atoms with van der Waals surface area (Å²) in [5.74, 6) is 0.408. The number of amides is 2. The molecule has 0 fully saturated rings. The Kier molecular flexibility index (Phi) is 5.38. The first-order valence-electron chi connectivity index (χ1n) is 7.90. The molecule has 2 amide bonds. The Morgan fingerprint density at radius 1 is 1.08 bits per heavy atom. The molecule has 0 aliphatic carbocycles. The van der Waals surface area contributed by atoms with E-state index in [1.807, 2.05) is 0 Å². The molecule has 0 spiro atoms. The molecule has 0 unspecified atom stereocenters. The Morgan fingerprint density at radius 2 is 1.81 bits per heavy atom. The first-order valence-corrected chi connectivity index (χ1v) is 7.90. The fourth-order valence-corrected chi connectivity index (χ4v) is 2.29. The maximum Gasteiger partial charge on any atom is 0.319 e. The summed E-state index contributed by atoms with van der Waals surface area (Å²) in [5.41, 5.74) is 2.73. The summed E-state index contributed by atoms with van der Waals surface area (Å²) < 4.78 is 18.1. The SMILES string of the molecule is COc1ccc(NC(=O)NCc2cc(-c3ccc(F)cc3)ncn2)cc1. The molecule has 0 saturated carbocycles. The predicted molar refractivity (Wildman–Crippen MR) is 96.3 cm³/mol. The highest BCUT2D eigenvalue weighted by molar-refractivity contribution is 5.89. The quantitative estimate of drug-likeness (QED) is 0.735. The monoisotopic (exact) mass is 352 g/mol. The smallest absolute Gasteiger partial charge is 0.319 e. The number of carbonyl (C=O) groups excluding carboxylic acids is 1. The molecule has 2 N–H and O–H groups in total. The molecular weight excluding hydrogens is 335 g/mol. The zero-order valence-corrected chi connectivity index (χ0v) is 14.1. The minimum atomic E-state index is -0.350. The van der Waals surface area contributed by atoms with Crippen LogP contribution in [0, 0.1) is 5.82 Å². The standard InChI is InChI=1S/C19H17FN4O2/c1-26-17-8-6-15(7-9-17)24-19(25)21-11-16-10-18(23-12-22-16)13-2-4-14(20)5-3-13/h2-10,12H,11H2,1H3,(H2,21,24,25). The third-order valence-electron chi connectivity index (χ3n) is 3.64. The van der Waals surface area contributed by atoms with E-state index in [9.17, 15) is 9.18 Å². The highest BCUT2D eigenvalue weighted by Crippen LogP contribution is 2.17. The molecule has 2 aromatic carbocycles. The third kappa shape index (κ3) is 4.54. The molecular formula is C19H17FN4O2. The number of anilines is 1. The van der Waals surface area contributed by atoms with Crippen LogP contribution in [0.4, 0.5) is 14.9 Å². The van der Waals surface area contributed by atoms with Crippen LogP contribution in [0.3, 0.4) is 0 Å². The van der Waals surface area contributed by atoms with Crippen molar-refractivity contribution in [1.29, 1.82) is 0 Å². The molecule has 0 aliphatic heterocycles. The van der Waals surface area contributed by atoms with Gasteiger partial charge in [0.05, 0.1) is 25.0 Å². The Morgan fingerprint density at radius 3 is 2.50 bits per heavy atom. The number of nitrogens with one attached hydrogen (secondary N) is 2. The number of nitrogens with zero attached hydrogens (tertiary/aromatic N) is 2. The first-order chi connectivity index (χ1) is 12.6. The highest BCUT2D eigenvalue weighted by Gasteiger charge is 2.05. The summed E-state index contributed by atoms with van der Waals surface area (Å²) in [6.45, 7) is 0.235. The molecule has 3 rings (SSSR count). The third-order valence-corrected chi connectivity index (χ3v) is 3.64. The maximum atomic E-state index is 13.0. The number of methoxy groups -OCH3 is 1. The molecule has 7 heteroatoms. The minimum Gasteiger partial charge on any atom is -0.497 e. The van der Waals surface area contributed by atoms with Gasteiger partial charge in [0.25, 0.3) is 0 Å². The summed E-state index contributed by atoms with van der Waals surface area (Å²) in [4.78, 5) is 20.3. The van der Waals surface area contributed by atoms with E-state index < -0.39 is 0 Å². The average Bonchev–Trinajstić information content (AvgIpc) is 2.68. The molecule has 3 aromatic rings. The van der Waals surface area contributed by atoms with E-state index in [1.165, 1.54) is 18.5 Å². The molecule has 1 heterocycles. The van der Waals surface area contributed by atoms with Crippen molar-refractivity contribution >= 4 is 11.7 Å². The Hall–Kier alpha value is -3.48. The molecule has 6 nitrogen and oxygen atoms in total. The van der Waals surface area contributed by atoms with Crippen molar-refractivity contribution in [3.63, 3.8) is 0 Å². The van der Waals surface area contributed by atoms with Crippen LogP contribution < -0.4 is 15.4 Å². The van der Waals surface area contributed by atoms with Crippen LogP contribution in [0.25, 0.3) is 11.3 Å². The second-order valence-electron chi connectivity index (χ2n) is 5.44. The average molecular weight is 352 g/mol. The second kappa shape index (κ2) is 8.06. The van der Waals surface area contributed by atoms with E-state index in [0.29, 0.717) is 22.8 Å². The fourth-order valence-electron chi connectivity index (χ4n) is 2.29. The number of benzene rings is 2. The van der Waals surface area contributed by atoms with E-state index in [-0.39, 0.29) is 18.4 Å². The Bertz CT molecular complexity index is 883. The van der Waals surface area contributed by atoms with Gasteiger partial charge in [0, 0.05) is 11.3 Å². The van der Waals surface area contributed by atoms with Gasteiger partial charge in [-0.15, -0.1) is 0 Å². The van der Waals surface area contributed by atoms with Crippen LogP contribution >= 0.6 is 0 Å². The van der Waals surface area contributed by atoms with Crippen LogP contribution in [-0.2, 0) is 6.54 Å². The summed E-state index contributed by atoms with van der Waals surface area (Å²) >= 11 is 0. The number of hydrogen-bond acceptors (Lipinski definition) is 4. The zero-order chi connectivity index (χ0) is 18.4. The van der Waals surface area contributed by atoms with Gasteiger partial charge in [0.2, 0.25) is 0 Å². The van der Waals surface area contributed by atoms with Crippen molar-refractivity contribution in [2.24, 2.45) is 0 Å². The summed E-state index contributed by atoms with van der Waals surface area (Å²) in [5, 5.41) is 5.46. The van der Waals surface area contributed by atoms with Crippen molar-refractivity contribution in [3.8, 4) is 17.0 Å². The van der Waals surface area contributed by atoms with Gasteiger partial charge in [-0.3, -0.25) is 0 Å². The van der Waals surface area contributed by atoms with Crippen molar-refractivity contribution in [3.05, 3.63) is 72.4 Å². The Balaban J connectivity index is 1.59. The molecule has 0 bridgehead atoms. The highest BCUT2D eigenvalue weighted by atomic mass is 19.1. The van der Waals surface area contributed by atoms with E-state index in [4.69, 9.17) is 4.74 Å². The Labute approximate surface area is 150 Å². The first kappa shape index (κ1) is 17.3. The van der Waals surface area contributed by atoms with Gasteiger partial charge in [-0.1, -0.05) is 0 Å². The van der Waals surface area contributed by atoms with E-state index in [2.05, 4.69) is 20.6 Å². The molecule has 0 atom stereocenters. The largest absolute Gasteiger partial charge is 0.497 e. The van der Waals surface area contributed by atoms with Crippen LogP contribution in [-0.4, -0.2) is 23.1 Å². The number of carbonyl (C=O) groups is 1. The molecule has 0 radical (unpaired) electrons. The number of urea groups is 1. The lowest BCUT2D eigenvalue weighted by atomic mass is 10.1. The predicted octanol–water partition coefficient (Wildman–Crippen LogP) is 3.61. The topological polar surface area (TPSA) is 76.1 Å². The number of ether oxygens (including phenoxy) is 1. The molecule has 0 saturated heterocycles. The summed E-state index contributed by atoms with van der Waals surface area (Å²) in [6, 6.07) is 14.4. The number of rotatable bonds is 5. The molecule has 132 valence electrons. The minimum absolute atomic E-state index is 0.235. The van der Waals surface area contributed by atoms with E-state index >= 15 is 0 Å². The lowest BCUT2D eigenvalue weighted by Crippen LogP contribution is -2.28. The lowest BCUT2D eigenvalue weighted by molar-refractivity contribution is 0.251. The molecule has 1 aromatic heterocycles. The van der Waals surface area contributed by atoms with Gasteiger partial charge in [-0.25, -0.2) is 19.2 Å². The zero-order valence-electron chi connectivity index (χ0n) is 14.1. The van der Waals surface area contributed by atoms with Gasteiger partial charge in [-0.05, 0) is 54.6 Å². The van der Waals surface area contributed by atoms with Gasteiger partial charge < -0.3 is 15.4 Å². The second-order valence-corrected chi connectivity index (χ2v) is 5.44. The normalized spacial score (nSPS) is 10.2. The van der Waals surface area contributed by atoms with Crippen molar-refractivity contribution < 1.29 is 13.9 Å². The fraction of sp³-hybridized carbons (Fsp3) is 0.105. The van der Waals surface area contributed by atoms with Gasteiger partial charge in [-0.2, -0.15) is 0 Å². The lowest BCUT2D eigenvalue weighted by Gasteiger charge is -2.09. The molecule has 0 aliphatic rings. The van der Waals surface area contributed by atoms with Crippen molar-refractivity contribution in [1.82, 2.24) is 15.3 Å². The van der Waals surface area contributed by atoms with Crippen LogP contribution in [0.15, 0.2) is 60.9 Å². The summed E-state index contributed by atoms with van der Waals surface area (Å²) in [7, 11) is 1.58. The van der Waals surface area contributed by atoms with Gasteiger partial charge in [0.1, 0.15) is 17.9 Å². The number of halogens is 1. The van der Waals surface area contributed by atoms with Crippen LogP contribution in [0.1, 0.15) is 5.69 Å². The maximum absolute atomic E-state index is 13.0. The molecule has 26 heavy (non-hydrogen) atoms. The van der Waals surface area contributed by atoms with E-state index in [0.717, 1.165) is 5.56 Å². The van der Waals surface area contributed by atoms with Crippen molar-refractivity contribution in [2.75, 3.05) is 12.4 Å². The van der Waals surface area contributed by atoms with Gasteiger partial charge in [0.15, 0.2) is 0 Å². The number of hydrogen-bond donors (Lipinski definition) is 2. The van der Waals surface area contributed by atoms with E-state index in [1.54, 1.807) is 49.6 Å². The number of aromatic nitrogens is 2.